The first kappa shape index (κ1) is 14.3. The topological polar surface area (TPSA) is 103 Å². The lowest BCUT2D eigenvalue weighted by atomic mass is 10.2. The normalized spacial score (nSPS) is 11.9. The lowest BCUT2D eigenvalue weighted by molar-refractivity contribution is 0.0727. The number of aliphatic hydroxyl groups excluding tert-OH is 1. The molecule has 6 heteroatoms. The Hall–Kier alpha value is -1.79. The molecule has 0 aliphatic rings. The average Bonchev–Trinajstić information content (AvgIpc) is 2.35. The van der Waals surface area contributed by atoms with E-state index in [2.05, 4.69) is 10.6 Å². The average molecular weight is 252 g/mol. The molecule has 1 atom stereocenters. The molecule has 6 N–H and O–H groups in total. The highest BCUT2D eigenvalue weighted by Crippen LogP contribution is 2.09. The summed E-state index contributed by atoms with van der Waals surface area (Å²) in [7, 11) is 1.56. The molecule has 1 aromatic carbocycles. The molecule has 100 valence electrons. The Morgan fingerprint density at radius 2 is 2.11 bits per heavy atom. The molecule has 1 rings (SSSR count). The van der Waals surface area contributed by atoms with Gasteiger partial charge in [0.1, 0.15) is 0 Å². The van der Waals surface area contributed by atoms with Crippen molar-refractivity contribution in [2.75, 3.05) is 25.6 Å². The molecule has 0 aliphatic heterocycles. The summed E-state index contributed by atoms with van der Waals surface area (Å²) in [5.74, 6) is -0.0418. The molecular weight excluding hydrogens is 232 g/mol. The smallest absolute Gasteiger partial charge is 0.185 e. The van der Waals surface area contributed by atoms with E-state index in [1.165, 1.54) is 0 Å². The lowest BCUT2D eigenvalue weighted by Gasteiger charge is -2.12. The molecule has 0 bridgehead atoms. The van der Waals surface area contributed by atoms with Gasteiger partial charge in [0.05, 0.1) is 12.7 Å². The van der Waals surface area contributed by atoms with Crippen LogP contribution in [0.4, 0.5) is 5.69 Å². The summed E-state index contributed by atoms with van der Waals surface area (Å²) >= 11 is 0. The first-order valence-corrected chi connectivity index (χ1v) is 5.69. The third-order valence-electron chi connectivity index (χ3n) is 2.34. The van der Waals surface area contributed by atoms with Crippen LogP contribution in [-0.4, -0.2) is 37.4 Å². The first-order chi connectivity index (χ1) is 8.61. The molecule has 0 fully saturated rings. The number of aliphatic hydroxyl groups is 1. The number of benzene rings is 1. The molecule has 6 nitrogen and oxygen atoms in total. The Kier molecular flexibility index (Phi) is 5.96. The zero-order valence-corrected chi connectivity index (χ0v) is 10.4. The van der Waals surface area contributed by atoms with Crippen LogP contribution in [0.25, 0.3) is 0 Å². The van der Waals surface area contributed by atoms with E-state index in [-0.39, 0.29) is 5.96 Å². The van der Waals surface area contributed by atoms with Crippen LogP contribution in [0.2, 0.25) is 0 Å². The summed E-state index contributed by atoms with van der Waals surface area (Å²) in [5, 5.41) is 22.4. The Morgan fingerprint density at radius 1 is 1.44 bits per heavy atom. The zero-order chi connectivity index (χ0) is 13.4. The van der Waals surface area contributed by atoms with Gasteiger partial charge in [0, 0.05) is 25.9 Å². The minimum Gasteiger partial charge on any atom is -0.389 e. The van der Waals surface area contributed by atoms with E-state index in [9.17, 15) is 5.11 Å². The van der Waals surface area contributed by atoms with Crippen molar-refractivity contribution in [2.45, 2.75) is 12.6 Å². The summed E-state index contributed by atoms with van der Waals surface area (Å²) in [6, 6.07) is 7.69. The summed E-state index contributed by atoms with van der Waals surface area (Å²) in [6.45, 7) is 1.29. The summed E-state index contributed by atoms with van der Waals surface area (Å²) in [6.07, 6.45) is -0.519. The number of ether oxygens (including phenoxy) is 1. The Morgan fingerprint density at radius 3 is 2.67 bits per heavy atom. The van der Waals surface area contributed by atoms with Crippen LogP contribution < -0.4 is 16.4 Å². The van der Waals surface area contributed by atoms with E-state index in [4.69, 9.17) is 15.9 Å². The maximum absolute atomic E-state index is 9.48. The number of hydrogen-bond donors (Lipinski definition) is 5. The lowest BCUT2D eigenvalue weighted by Crippen LogP contribution is -2.29. The van der Waals surface area contributed by atoms with Gasteiger partial charge in [0.15, 0.2) is 5.96 Å². The maximum atomic E-state index is 9.48. The van der Waals surface area contributed by atoms with Crippen molar-refractivity contribution in [2.24, 2.45) is 5.73 Å². The minimum absolute atomic E-state index is 0.0418. The van der Waals surface area contributed by atoms with Crippen molar-refractivity contribution in [3.05, 3.63) is 29.8 Å². The second-order valence-electron chi connectivity index (χ2n) is 3.95. The molecule has 0 heterocycles. The van der Waals surface area contributed by atoms with Gasteiger partial charge >= 0.3 is 0 Å². The predicted molar refractivity (Wildman–Crippen MR) is 71.6 cm³/mol. The zero-order valence-electron chi connectivity index (χ0n) is 10.4. The van der Waals surface area contributed by atoms with Crippen molar-refractivity contribution in [1.29, 1.82) is 5.41 Å². The molecule has 1 aromatic rings. The van der Waals surface area contributed by atoms with E-state index >= 15 is 0 Å². The fraction of sp³-hybridized carbons (Fsp3) is 0.417. The van der Waals surface area contributed by atoms with Crippen LogP contribution in [0.3, 0.4) is 0 Å². The second kappa shape index (κ2) is 7.52. The van der Waals surface area contributed by atoms with E-state index in [1.807, 2.05) is 24.3 Å². The summed E-state index contributed by atoms with van der Waals surface area (Å²) in [4.78, 5) is 0. The maximum Gasteiger partial charge on any atom is 0.185 e. The van der Waals surface area contributed by atoms with Crippen molar-refractivity contribution in [3.63, 3.8) is 0 Å². The number of nitrogens with one attached hydrogen (secondary N) is 3. The molecule has 0 aliphatic carbocycles. The molecule has 0 radical (unpaired) electrons. The van der Waals surface area contributed by atoms with Crippen LogP contribution in [0.5, 0.6) is 0 Å². The van der Waals surface area contributed by atoms with Gasteiger partial charge < -0.3 is 26.2 Å². The quantitative estimate of drug-likeness (QED) is 0.349. The largest absolute Gasteiger partial charge is 0.389 e. The van der Waals surface area contributed by atoms with Crippen LogP contribution in [0.15, 0.2) is 24.3 Å². The fourth-order valence-electron chi connectivity index (χ4n) is 1.42. The summed E-state index contributed by atoms with van der Waals surface area (Å²) < 4.78 is 4.84. The van der Waals surface area contributed by atoms with Gasteiger partial charge in [-0.3, -0.25) is 5.41 Å². The third-order valence-corrected chi connectivity index (χ3v) is 2.34. The second-order valence-corrected chi connectivity index (χ2v) is 3.95. The number of anilines is 1. The van der Waals surface area contributed by atoms with Gasteiger partial charge in [-0.05, 0) is 17.7 Å². The van der Waals surface area contributed by atoms with Crippen LogP contribution >= 0.6 is 0 Å². The molecule has 0 spiro atoms. The third kappa shape index (κ3) is 5.51. The van der Waals surface area contributed by atoms with Crippen LogP contribution in [0.1, 0.15) is 5.56 Å². The van der Waals surface area contributed by atoms with Crippen LogP contribution in [0, 0.1) is 5.41 Å². The van der Waals surface area contributed by atoms with Gasteiger partial charge in [-0.25, -0.2) is 0 Å². The molecule has 0 saturated carbocycles. The standard InChI is InChI=1S/C12H20N4O2/c1-18-8-11(17)7-15-10-4-2-9(3-5-10)6-16-12(13)14/h2-5,11,15,17H,6-8H2,1H3,(H4,13,14,16). The number of methoxy groups -OCH3 is 1. The van der Waals surface area contributed by atoms with E-state index in [1.54, 1.807) is 7.11 Å². The predicted octanol–water partition coefficient (Wildman–Crippen LogP) is 0.0889. The Labute approximate surface area is 107 Å². The van der Waals surface area contributed by atoms with E-state index in [0.29, 0.717) is 19.7 Å². The molecular formula is C12H20N4O2. The fourth-order valence-corrected chi connectivity index (χ4v) is 1.42. The number of nitrogens with two attached hydrogens (primary N) is 1. The van der Waals surface area contributed by atoms with E-state index in [0.717, 1.165) is 11.3 Å². The highest BCUT2D eigenvalue weighted by Gasteiger charge is 2.02. The molecule has 0 amide bonds. The molecule has 1 unspecified atom stereocenters. The SMILES string of the molecule is COCC(O)CNc1ccc(CNC(=N)N)cc1. The number of rotatable bonds is 7. The van der Waals surface area contributed by atoms with Gasteiger partial charge in [-0.2, -0.15) is 0 Å². The van der Waals surface area contributed by atoms with Crippen molar-refractivity contribution in [3.8, 4) is 0 Å². The van der Waals surface area contributed by atoms with Crippen molar-refractivity contribution >= 4 is 11.6 Å². The van der Waals surface area contributed by atoms with Gasteiger partial charge in [-0.1, -0.05) is 12.1 Å². The van der Waals surface area contributed by atoms with Crippen LogP contribution in [-0.2, 0) is 11.3 Å². The number of hydrogen-bond acceptors (Lipinski definition) is 4. The Balaban J connectivity index is 2.38. The molecule has 0 saturated heterocycles. The monoisotopic (exact) mass is 252 g/mol. The highest BCUT2D eigenvalue weighted by molar-refractivity contribution is 5.74. The minimum atomic E-state index is -0.519. The molecule has 0 aromatic heterocycles. The van der Waals surface area contributed by atoms with E-state index < -0.39 is 6.10 Å². The summed E-state index contributed by atoms with van der Waals surface area (Å²) in [5.41, 5.74) is 7.16. The first-order valence-electron chi connectivity index (χ1n) is 5.69. The van der Waals surface area contributed by atoms with Crippen molar-refractivity contribution in [1.82, 2.24) is 5.32 Å². The highest BCUT2D eigenvalue weighted by atomic mass is 16.5. The van der Waals surface area contributed by atoms with Gasteiger partial charge in [0.2, 0.25) is 0 Å². The molecule has 18 heavy (non-hydrogen) atoms. The van der Waals surface area contributed by atoms with Gasteiger partial charge in [-0.15, -0.1) is 0 Å². The van der Waals surface area contributed by atoms with Crippen molar-refractivity contribution < 1.29 is 9.84 Å². The van der Waals surface area contributed by atoms with Gasteiger partial charge in [0.25, 0.3) is 0 Å². The Bertz CT molecular complexity index is 367. The number of guanidine groups is 1.